The summed E-state index contributed by atoms with van der Waals surface area (Å²) in [7, 11) is 1.39. The molecule has 3 aromatic rings. The Hall–Kier alpha value is -3.96. The van der Waals surface area contributed by atoms with Gasteiger partial charge in [-0.15, -0.1) is 0 Å². The number of halogens is 4. The van der Waals surface area contributed by atoms with Gasteiger partial charge >= 0.3 is 12.3 Å². The molecule has 1 amide bonds. The van der Waals surface area contributed by atoms with E-state index in [0.717, 1.165) is 9.47 Å². The van der Waals surface area contributed by atoms with Gasteiger partial charge in [0.1, 0.15) is 18.5 Å². The predicted molar refractivity (Wildman–Crippen MR) is 142 cm³/mol. The first-order valence-electron chi connectivity index (χ1n) is 12.1. The molecule has 40 heavy (non-hydrogen) atoms. The molecule has 2 heterocycles. The second kappa shape index (κ2) is 12.1. The number of anilines is 2. The Kier molecular flexibility index (Phi) is 8.75. The number of likely N-dealkylation sites (tertiary alicyclic amines) is 1. The average molecular weight is 583 g/mol. The summed E-state index contributed by atoms with van der Waals surface area (Å²) in [6.07, 6.45) is -7.03. The number of aromatic nitrogens is 1. The number of alkyl halides is 4. The van der Waals surface area contributed by atoms with Crippen LogP contribution in [0.25, 0.3) is 10.9 Å². The number of carboxylic acid groups (broad SMARTS) is 1. The highest BCUT2D eigenvalue weighted by atomic mass is 32.2. The summed E-state index contributed by atoms with van der Waals surface area (Å²) in [6, 6.07) is 9.84. The van der Waals surface area contributed by atoms with Gasteiger partial charge in [-0.25, -0.2) is 13.4 Å². The molecule has 3 atom stereocenters. The van der Waals surface area contributed by atoms with Crippen molar-refractivity contribution in [2.24, 2.45) is 0 Å². The van der Waals surface area contributed by atoms with E-state index in [4.69, 9.17) is 9.84 Å². The first kappa shape index (κ1) is 29.0. The molecule has 1 unspecified atom stereocenters. The van der Waals surface area contributed by atoms with Crippen molar-refractivity contribution in [3.05, 3.63) is 48.2 Å². The first-order chi connectivity index (χ1) is 19.0. The number of carbonyl (C=O) groups is 1. The summed E-state index contributed by atoms with van der Waals surface area (Å²) >= 11 is -2.19. The van der Waals surface area contributed by atoms with Crippen molar-refractivity contribution < 1.29 is 41.0 Å². The molecule has 0 saturated carbocycles. The van der Waals surface area contributed by atoms with Gasteiger partial charge in [-0.3, -0.25) is 0 Å². The number of amides is 1. The van der Waals surface area contributed by atoms with Crippen LogP contribution in [0.1, 0.15) is 12.1 Å². The summed E-state index contributed by atoms with van der Waals surface area (Å²) in [5.41, 5.74) is 1.25. The number of hydrogen-bond donors (Lipinski definition) is 4. The zero-order chi connectivity index (χ0) is 29.0. The molecule has 4 N–H and O–H groups in total. The van der Waals surface area contributed by atoms with Gasteiger partial charge in [0.05, 0.1) is 48.0 Å². The molecule has 1 fully saturated rings. The smallest absolute Gasteiger partial charge is 0.407 e. The number of ether oxygens (including phenoxy) is 1. The van der Waals surface area contributed by atoms with Gasteiger partial charge in [0.2, 0.25) is 0 Å². The Labute approximate surface area is 229 Å². The highest BCUT2D eigenvalue weighted by molar-refractivity contribution is 7.79. The van der Waals surface area contributed by atoms with Crippen LogP contribution in [0, 0.1) is 11.8 Å². The lowest BCUT2D eigenvalue weighted by atomic mass is 10.0. The average Bonchev–Trinajstić information content (AvgIpc) is 3.24. The van der Waals surface area contributed by atoms with E-state index in [0.29, 0.717) is 22.5 Å². The lowest BCUT2D eigenvalue weighted by molar-refractivity contribution is -0.140. The van der Waals surface area contributed by atoms with Crippen LogP contribution in [0.2, 0.25) is 0 Å². The Morgan fingerprint density at radius 3 is 2.65 bits per heavy atom. The van der Waals surface area contributed by atoms with E-state index < -0.39 is 42.1 Å². The van der Waals surface area contributed by atoms with Gasteiger partial charge < -0.3 is 34.5 Å². The van der Waals surface area contributed by atoms with E-state index >= 15 is 0 Å². The second-order valence-corrected chi connectivity index (χ2v) is 9.99. The van der Waals surface area contributed by atoms with E-state index in [1.54, 1.807) is 12.1 Å². The Bertz CT molecular complexity index is 1480. The van der Waals surface area contributed by atoms with E-state index in [-0.39, 0.29) is 42.2 Å². The topological polar surface area (TPSA) is 116 Å². The van der Waals surface area contributed by atoms with Gasteiger partial charge in [-0.05, 0) is 42.7 Å². The number of nitrogens with one attached hydrogen (secondary N) is 2. The minimum absolute atomic E-state index is 0.0300. The molecule has 1 aliphatic heterocycles. The van der Waals surface area contributed by atoms with Crippen molar-refractivity contribution >= 4 is 39.5 Å². The second-order valence-electron chi connectivity index (χ2n) is 9.02. The number of benzene rings is 2. The number of fused-ring (bicyclic) bond motifs is 1. The van der Waals surface area contributed by atoms with Gasteiger partial charge in [0.25, 0.3) is 0 Å². The van der Waals surface area contributed by atoms with Crippen molar-refractivity contribution in [3.8, 4) is 17.6 Å². The quantitative estimate of drug-likeness (QED) is 0.180. The van der Waals surface area contributed by atoms with E-state index in [1.165, 1.54) is 37.4 Å². The van der Waals surface area contributed by atoms with Gasteiger partial charge in [-0.1, -0.05) is 12.0 Å². The lowest BCUT2D eigenvalue weighted by Gasteiger charge is -2.34. The first-order valence-corrected chi connectivity index (χ1v) is 13.2. The van der Waals surface area contributed by atoms with Crippen LogP contribution in [0.3, 0.4) is 0 Å². The molecule has 0 bridgehead atoms. The summed E-state index contributed by atoms with van der Waals surface area (Å²) in [6.45, 7) is -1.42. The molecule has 1 aromatic heterocycles. The largest absolute Gasteiger partial charge is 0.495 e. The van der Waals surface area contributed by atoms with Gasteiger partial charge in [-0.2, -0.15) is 13.2 Å². The molecule has 0 radical (unpaired) electrons. The fourth-order valence-electron chi connectivity index (χ4n) is 4.50. The summed E-state index contributed by atoms with van der Waals surface area (Å²) in [4.78, 5) is 12.3. The molecule has 9 nitrogen and oxygen atoms in total. The molecule has 1 aliphatic rings. The monoisotopic (exact) mass is 582 g/mol. The standard InChI is InChI=1S/C26H26F4N4O5S/c1-39-24-13-17(40(37)38)7-8-22(24)31-10-3-4-16-12-18-20(5-2-6-23(18)34(16)15-26(28,29)30)32-21-9-11-33(25(35)36)14-19(21)27/h2,5-8,12-13,19,21,31-32H,9-11,14-15H2,1H3,(H,35,36)(H,37,38)/t19-,21+/m1/s1. The van der Waals surface area contributed by atoms with Crippen LogP contribution < -0.4 is 15.4 Å². The molecule has 14 heteroatoms. The van der Waals surface area contributed by atoms with Crippen LogP contribution in [0.5, 0.6) is 5.75 Å². The molecular weight excluding hydrogens is 556 g/mol. The third-order valence-electron chi connectivity index (χ3n) is 6.39. The lowest BCUT2D eigenvalue weighted by Crippen LogP contribution is -2.49. The molecule has 0 aliphatic carbocycles. The third-order valence-corrected chi connectivity index (χ3v) is 7.05. The maximum atomic E-state index is 14.7. The highest BCUT2D eigenvalue weighted by Gasteiger charge is 2.33. The van der Waals surface area contributed by atoms with E-state index in [9.17, 15) is 31.1 Å². The van der Waals surface area contributed by atoms with Crippen LogP contribution >= 0.6 is 0 Å². The molecule has 2 aromatic carbocycles. The van der Waals surface area contributed by atoms with Crippen molar-refractivity contribution in [2.75, 3.05) is 37.4 Å². The van der Waals surface area contributed by atoms with Gasteiger partial charge in [0.15, 0.2) is 11.1 Å². The highest BCUT2D eigenvalue weighted by Crippen LogP contribution is 2.32. The SMILES string of the molecule is COc1cc(S(=O)O)ccc1NCC#Cc1cc2c(N[C@H]3CCN(C(=O)O)C[C@H]3F)cccc2n1CC(F)(F)F. The number of hydrogen-bond acceptors (Lipinski definition) is 5. The molecular formula is C26H26F4N4O5S. The van der Waals surface area contributed by atoms with Crippen LogP contribution in [0.4, 0.5) is 33.7 Å². The molecule has 214 valence electrons. The predicted octanol–water partition coefficient (Wildman–Crippen LogP) is 4.76. The maximum Gasteiger partial charge on any atom is 0.407 e. The van der Waals surface area contributed by atoms with Crippen molar-refractivity contribution in [1.82, 2.24) is 9.47 Å². The molecule has 1 saturated heterocycles. The summed E-state index contributed by atoms with van der Waals surface area (Å²) < 4.78 is 81.9. The minimum atomic E-state index is -4.53. The third kappa shape index (κ3) is 6.78. The van der Waals surface area contributed by atoms with Crippen molar-refractivity contribution in [2.45, 2.75) is 36.3 Å². The maximum absolute atomic E-state index is 14.7. The number of nitrogens with zero attached hydrogens (tertiary/aromatic N) is 2. The fourth-order valence-corrected chi connectivity index (χ4v) is 4.90. The number of methoxy groups -OCH3 is 1. The van der Waals surface area contributed by atoms with Gasteiger partial charge in [0, 0.05) is 23.7 Å². The molecule has 0 spiro atoms. The van der Waals surface area contributed by atoms with E-state index in [2.05, 4.69) is 22.5 Å². The van der Waals surface area contributed by atoms with E-state index in [1.807, 2.05) is 0 Å². The summed E-state index contributed by atoms with van der Waals surface area (Å²) in [5, 5.41) is 15.6. The van der Waals surface area contributed by atoms with Crippen LogP contribution in [-0.4, -0.2) is 74.6 Å². The van der Waals surface area contributed by atoms with Crippen molar-refractivity contribution in [3.63, 3.8) is 0 Å². The van der Waals surface area contributed by atoms with Crippen molar-refractivity contribution in [1.29, 1.82) is 0 Å². The zero-order valence-corrected chi connectivity index (χ0v) is 22.0. The normalized spacial score (nSPS) is 18.1. The number of rotatable bonds is 7. The fraction of sp³-hybridized carbons (Fsp3) is 0.346. The van der Waals surface area contributed by atoms with Crippen LogP contribution in [-0.2, 0) is 17.6 Å². The minimum Gasteiger partial charge on any atom is -0.495 e. The Morgan fingerprint density at radius 1 is 1.23 bits per heavy atom. The Morgan fingerprint density at radius 2 is 2.00 bits per heavy atom. The Balaban J connectivity index is 1.59. The van der Waals surface area contributed by atoms with Crippen LogP contribution in [0.15, 0.2) is 47.4 Å². The number of piperidine rings is 1. The zero-order valence-electron chi connectivity index (χ0n) is 21.2. The summed E-state index contributed by atoms with van der Waals surface area (Å²) in [5.74, 6) is 5.86. The molecule has 4 rings (SSSR count).